The third kappa shape index (κ3) is 5.59. The number of carbonyl (C=O) groups excluding carboxylic acids is 1. The fourth-order valence-corrected chi connectivity index (χ4v) is 4.00. The lowest BCUT2D eigenvalue weighted by molar-refractivity contribution is -0.139. The van der Waals surface area contributed by atoms with Crippen LogP contribution in [0.3, 0.4) is 0 Å². The molecule has 0 fully saturated rings. The Hall–Kier alpha value is -3.52. The van der Waals surface area contributed by atoms with Crippen molar-refractivity contribution in [2.45, 2.75) is 46.3 Å². The average molecular weight is 497 g/mol. The molecule has 0 aliphatic carbocycles. The SMILES string of the molecule is CCCCOC(=O)C1=C(C)Nc2ncnn2C1c1ccc(OCc2ccc(Cl)cc2)c(OCC)c1. The van der Waals surface area contributed by atoms with Gasteiger partial charge in [-0.25, -0.2) is 9.48 Å². The molecule has 0 bridgehead atoms. The first-order chi connectivity index (χ1) is 17.0. The molecule has 35 heavy (non-hydrogen) atoms. The molecule has 3 aromatic rings. The van der Waals surface area contributed by atoms with Gasteiger partial charge < -0.3 is 19.5 Å². The molecule has 4 rings (SSSR count). The molecule has 1 N–H and O–H groups in total. The molecular formula is C26H29ClN4O4. The van der Waals surface area contributed by atoms with E-state index in [1.165, 1.54) is 6.33 Å². The highest BCUT2D eigenvalue weighted by Gasteiger charge is 2.34. The van der Waals surface area contributed by atoms with Gasteiger partial charge in [0.15, 0.2) is 11.5 Å². The number of halogens is 1. The van der Waals surface area contributed by atoms with Crippen molar-refractivity contribution < 1.29 is 19.0 Å². The third-order valence-electron chi connectivity index (χ3n) is 5.64. The molecular weight excluding hydrogens is 468 g/mol. The molecule has 0 saturated carbocycles. The van der Waals surface area contributed by atoms with Gasteiger partial charge in [-0.3, -0.25) is 0 Å². The van der Waals surface area contributed by atoms with Crippen LogP contribution in [0, 0.1) is 0 Å². The number of carbonyl (C=O) groups is 1. The van der Waals surface area contributed by atoms with Crippen molar-refractivity contribution in [1.82, 2.24) is 14.8 Å². The van der Waals surface area contributed by atoms with E-state index in [0.29, 0.717) is 53.6 Å². The number of rotatable bonds is 10. The summed E-state index contributed by atoms with van der Waals surface area (Å²) in [5.74, 6) is 1.36. The lowest BCUT2D eigenvalue weighted by Crippen LogP contribution is -2.29. The van der Waals surface area contributed by atoms with Gasteiger partial charge >= 0.3 is 5.97 Å². The van der Waals surface area contributed by atoms with Crippen molar-refractivity contribution >= 4 is 23.5 Å². The number of unbranched alkanes of at least 4 members (excludes halogenated alkanes) is 1. The molecule has 1 atom stereocenters. The summed E-state index contributed by atoms with van der Waals surface area (Å²) in [5.41, 5.74) is 2.96. The van der Waals surface area contributed by atoms with E-state index in [4.69, 9.17) is 25.8 Å². The number of aromatic nitrogens is 3. The highest BCUT2D eigenvalue weighted by molar-refractivity contribution is 6.30. The minimum Gasteiger partial charge on any atom is -0.490 e. The van der Waals surface area contributed by atoms with Crippen LogP contribution in [-0.2, 0) is 16.1 Å². The standard InChI is InChI=1S/C26H29ClN4O4/c1-4-6-13-34-25(32)23-17(3)30-26-28-16-29-31(26)24(23)19-9-12-21(22(14-19)33-5-2)35-15-18-7-10-20(27)11-8-18/h7-12,14,16,24H,4-6,13,15H2,1-3H3,(H,28,29,30). The van der Waals surface area contributed by atoms with Gasteiger partial charge in [0.2, 0.25) is 5.95 Å². The topological polar surface area (TPSA) is 87.5 Å². The van der Waals surface area contributed by atoms with E-state index in [1.807, 2.05) is 56.3 Å². The summed E-state index contributed by atoms with van der Waals surface area (Å²) in [5, 5.41) is 8.21. The lowest BCUT2D eigenvalue weighted by Gasteiger charge is -2.28. The number of fused-ring (bicyclic) bond motifs is 1. The summed E-state index contributed by atoms with van der Waals surface area (Å²) in [6, 6.07) is 12.6. The monoisotopic (exact) mass is 496 g/mol. The molecule has 0 spiro atoms. The highest BCUT2D eigenvalue weighted by Crippen LogP contribution is 2.39. The second-order valence-corrected chi connectivity index (χ2v) is 8.57. The molecule has 184 valence electrons. The van der Waals surface area contributed by atoms with Crippen LogP contribution in [0.25, 0.3) is 0 Å². The van der Waals surface area contributed by atoms with E-state index in [1.54, 1.807) is 4.68 Å². The number of esters is 1. The first-order valence-electron chi connectivity index (χ1n) is 11.7. The van der Waals surface area contributed by atoms with Gasteiger partial charge in [-0.2, -0.15) is 10.1 Å². The number of ether oxygens (including phenoxy) is 3. The van der Waals surface area contributed by atoms with Crippen molar-refractivity contribution in [3.05, 3.63) is 76.2 Å². The number of hydrogen-bond acceptors (Lipinski definition) is 7. The fourth-order valence-electron chi connectivity index (χ4n) is 3.87. The predicted octanol–water partition coefficient (Wildman–Crippen LogP) is 5.54. The van der Waals surface area contributed by atoms with Crippen LogP contribution in [-0.4, -0.2) is 33.9 Å². The number of nitrogens with zero attached hydrogens (tertiary/aromatic N) is 3. The first kappa shape index (κ1) is 24.6. The summed E-state index contributed by atoms with van der Waals surface area (Å²) >= 11 is 5.98. The van der Waals surface area contributed by atoms with Gasteiger partial charge in [0.05, 0.1) is 18.8 Å². The Balaban J connectivity index is 1.66. The van der Waals surface area contributed by atoms with Crippen LogP contribution < -0.4 is 14.8 Å². The second-order valence-electron chi connectivity index (χ2n) is 8.14. The summed E-state index contributed by atoms with van der Waals surface area (Å²) in [7, 11) is 0. The number of benzene rings is 2. The largest absolute Gasteiger partial charge is 0.490 e. The number of nitrogens with one attached hydrogen (secondary N) is 1. The number of anilines is 1. The minimum atomic E-state index is -0.521. The molecule has 1 aromatic heterocycles. The zero-order valence-corrected chi connectivity index (χ0v) is 20.8. The van der Waals surface area contributed by atoms with E-state index in [2.05, 4.69) is 22.3 Å². The third-order valence-corrected chi connectivity index (χ3v) is 5.89. The summed E-state index contributed by atoms with van der Waals surface area (Å²) in [4.78, 5) is 17.4. The Morgan fingerprint density at radius 3 is 2.66 bits per heavy atom. The molecule has 9 heteroatoms. The van der Waals surface area contributed by atoms with Crippen LogP contribution in [0.15, 0.2) is 60.1 Å². The maximum atomic E-state index is 13.1. The summed E-state index contributed by atoms with van der Waals surface area (Å²) in [6.07, 6.45) is 3.20. The van der Waals surface area contributed by atoms with Crippen LogP contribution in [0.2, 0.25) is 5.02 Å². The maximum Gasteiger partial charge on any atom is 0.338 e. The zero-order chi connectivity index (χ0) is 24.8. The normalized spacial score (nSPS) is 14.8. The van der Waals surface area contributed by atoms with Crippen LogP contribution in [0.5, 0.6) is 11.5 Å². The number of allylic oxidation sites excluding steroid dienone is 1. The molecule has 0 amide bonds. The van der Waals surface area contributed by atoms with Crippen LogP contribution >= 0.6 is 11.6 Å². The van der Waals surface area contributed by atoms with Crippen molar-refractivity contribution in [1.29, 1.82) is 0 Å². The maximum absolute atomic E-state index is 13.1. The molecule has 1 unspecified atom stereocenters. The summed E-state index contributed by atoms with van der Waals surface area (Å²) in [6.45, 7) is 7.00. The number of hydrogen-bond donors (Lipinski definition) is 1. The minimum absolute atomic E-state index is 0.366. The van der Waals surface area contributed by atoms with Crippen molar-refractivity contribution in [2.24, 2.45) is 0 Å². The Bertz CT molecular complexity index is 1210. The molecule has 0 radical (unpaired) electrons. The molecule has 0 saturated heterocycles. The van der Waals surface area contributed by atoms with Gasteiger partial charge in [0, 0.05) is 10.7 Å². The van der Waals surface area contributed by atoms with E-state index < -0.39 is 6.04 Å². The predicted molar refractivity (Wildman–Crippen MR) is 134 cm³/mol. The Morgan fingerprint density at radius 1 is 1.11 bits per heavy atom. The van der Waals surface area contributed by atoms with Gasteiger partial charge in [0.25, 0.3) is 0 Å². The quantitative estimate of drug-likeness (QED) is 0.291. The van der Waals surface area contributed by atoms with E-state index in [-0.39, 0.29) is 5.97 Å². The van der Waals surface area contributed by atoms with E-state index in [0.717, 1.165) is 24.0 Å². The zero-order valence-electron chi connectivity index (χ0n) is 20.1. The Kier molecular flexibility index (Phi) is 7.92. The Morgan fingerprint density at radius 2 is 1.91 bits per heavy atom. The van der Waals surface area contributed by atoms with Gasteiger partial charge in [-0.1, -0.05) is 43.1 Å². The fraction of sp³-hybridized carbons (Fsp3) is 0.346. The average Bonchev–Trinajstić information content (AvgIpc) is 3.31. The van der Waals surface area contributed by atoms with Crippen LogP contribution in [0.1, 0.15) is 50.8 Å². The Labute approximate surface area is 209 Å². The first-order valence-corrected chi connectivity index (χ1v) is 12.1. The van der Waals surface area contributed by atoms with Crippen LogP contribution in [0.4, 0.5) is 5.95 Å². The van der Waals surface area contributed by atoms with Crippen molar-refractivity contribution in [3.63, 3.8) is 0 Å². The molecule has 8 nitrogen and oxygen atoms in total. The van der Waals surface area contributed by atoms with Gasteiger partial charge in [-0.15, -0.1) is 0 Å². The molecule has 1 aliphatic heterocycles. The summed E-state index contributed by atoms with van der Waals surface area (Å²) < 4.78 is 19.2. The molecule has 1 aliphatic rings. The molecule has 2 aromatic carbocycles. The molecule has 2 heterocycles. The van der Waals surface area contributed by atoms with Gasteiger partial charge in [-0.05, 0) is 55.7 Å². The second kappa shape index (κ2) is 11.3. The smallest absolute Gasteiger partial charge is 0.338 e. The lowest BCUT2D eigenvalue weighted by atomic mass is 9.95. The van der Waals surface area contributed by atoms with E-state index in [9.17, 15) is 4.79 Å². The van der Waals surface area contributed by atoms with E-state index >= 15 is 0 Å². The van der Waals surface area contributed by atoms with Gasteiger partial charge in [0.1, 0.15) is 19.0 Å². The van der Waals surface area contributed by atoms with Crippen molar-refractivity contribution in [2.75, 3.05) is 18.5 Å². The van der Waals surface area contributed by atoms with Crippen molar-refractivity contribution in [3.8, 4) is 11.5 Å². The highest BCUT2D eigenvalue weighted by atomic mass is 35.5.